The van der Waals surface area contributed by atoms with Crippen molar-refractivity contribution in [1.82, 2.24) is 5.32 Å². The number of hydrogen-bond acceptors (Lipinski definition) is 2. The summed E-state index contributed by atoms with van der Waals surface area (Å²) >= 11 is 0. The van der Waals surface area contributed by atoms with Gasteiger partial charge in [-0.1, -0.05) is 24.6 Å². The summed E-state index contributed by atoms with van der Waals surface area (Å²) in [5.41, 5.74) is 5.17. The summed E-state index contributed by atoms with van der Waals surface area (Å²) in [6, 6.07) is 5.59. The molecule has 3 aliphatic carbocycles. The molecule has 3 nitrogen and oxygen atoms in total. The van der Waals surface area contributed by atoms with Crippen LogP contribution in [0.25, 0.3) is 0 Å². The molecule has 2 unspecified atom stereocenters. The molecule has 0 radical (unpaired) electrons. The quantitative estimate of drug-likeness (QED) is 0.796. The van der Waals surface area contributed by atoms with Crippen molar-refractivity contribution >= 4 is 18.3 Å². The molecular weight excluding hydrogens is 377 g/mol. The van der Waals surface area contributed by atoms with E-state index in [-0.39, 0.29) is 30.4 Å². The minimum Gasteiger partial charge on any atom is -0.352 e. The van der Waals surface area contributed by atoms with Gasteiger partial charge in [-0.05, 0) is 62.0 Å². The van der Waals surface area contributed by atoms with E-state index in [1.165, 1.54) is 12.5 Å². The van der Waals surface area contributed by atoms with E-state index in [0.29, 0.717) is 30.2 Å². The normalized spacial score (nSPS) is 31.6. The van der Waals surface area contributed by atoms with Crippen molar-refractivity contribution in [3.8, 4) is 0 Å². The third-order valence-electron chi connectivity index (χ3n) is 6.60. The van der Waals surface area contributed by atoms with Crippen LogP contribution >= 0.6 is 12.4 Å². The molecule has 2 atom stereocenters. The van der Waals surface area contributed by atoms with Crippen molar-refractivity contribution in [3.63, 3.8) is 0 Å². The first-order valence-electron chi connectivity index (χ1n) is 9.54. The Bertz CT molecular complexity index is 691. The molecule has 1 amide bonds. The monoisotopic (exact) mass is 402 g/mol. The van der Waals surface area contributed by atoms with Crippen LogP contribution in [0.3, 0.4) is 0 Å². The Morgan fingerprint density at radius 1 is 1.15 bits per heavy atom. The molecule has 0 saturated heterocycles. The van der Waals surface area contributed by atoms with E-state index in [1.807, 2.05) is 0 Å². The summed E-state index contributed by atoms with van der Waals surface area (Å²) < 4.78 is 39.1. The SMILES string of the molecule is Cl.NC1CC2CCCC(C1)C2NC(=O)C1(c2cccc(C(F)(F)F)c2)CC1. The second-order valence-corrected chi connectivity index (χ2v) is 8.34. The zero-order chi connectivity index (χ0) is 18.5. The molecule has 3 aliphatic rings. The predicted molar refractivity (Wildman–Crippen MR) is 99.6 cm³/mol. The van der Waals surface area contributed by atoms with Gasteiger partial charge in [0.05, 0.1) is 11.0 Å². The second kappa shape index (κ2) is 7.28. The summed E-state index contributed by atoms with van der Waals surface area (Å²) in [7, 11) is 0. The lowest BCUT2D eigenvalue weighted by atomic mass is 9.67. The molecule has 4 rings (SSSR count). The molecule has 2 bridgehead atoms. The van der Waals surface area contributed by atoms with Gasteiger partial charge in [0.25, 0.3) is 0 Å². The zero-order valence-electron chi connectivity index (χ0n) is 15.1. The van der Waals surface area contributed by atoms with Crippen LogP contribution in [-0.4, -0.2) is 18.0 Å². The van der Waals surface area contributed by atoms with Crippen LogP contribution < -0.4 is 11.1 Å². The van der Waals surface area contributed by atoms with Crippen LogP contribution in [-0.2, 0) is 16.4 Å². The van der Waals surface area contributed by atoms with Gasteiger partial charge in [-0.15, -0.1) is 12.4 Å². The minimum absolute atomic E-state index is 0. The van der Waals surface area contributed by atoms with Gasteiger partial charge in [0.1, 0.15) is 0 Å². The van der Waals surface area contributed by atoms with Crippen LogP contribution in [0.5, 0.6) is 0 Å². The first-order chi connectivity index (χ1) is 12.3. The number of carbonyl (C=O) groups excluding carboxylic acids is 1. The van der Waals surface area contributed by atoms with Crippen LogP contribution in [0.2, 0.25) is 0 Å². The fraction of sp³-hybridized carbons (Fsp3) is 0.650. The lowest BCUT2D eigenvalue weighted by molar-refractivity contribution is -0.137. The van der Waals surface area contributed by atoms with E-state index in [1.54, 1.807) is 6.07 Å². The largest absolute Gasteiger partial charge is 0.416 e. The van der Waals surface area contributed by atoms with Gasteiger partial charge in [-0.25, -0.2) is 0 Å². The van der Waals surface area contributed by atoms with E-state index < -0.39 is 17.2 Å². The number of alkyl halides is 3. The zero-order valence-corrected chi connectivity index (χ0v) is 15.9. The molecule has 3 fully saturated rings. The molecule has 150 valence electrons. The molecule has 1 aromatic rings. The average molecular weight is 403 g/mol. The summed E-state index contributed by atoms with van der Waals surface area (Å²) in [5, 5.41) is 3.23. The van der Waals surface area contributed by atoms with E-state index in [9.17, 15) is 18.0 Å². The molecular formula is C20H26ClF3N2O. The maximum Gasteiger partial charge on any atom is 0.416 e. The highest BCUT2D eigenvalue weighted by molar-refractivity contribution is 5.91. The van der Waals surface area contributed by atoms with E-state index in [4.69, 9.17) is 5.73 Å². The Labute approximate surface area is 163 Å². The Morgan fingerprint density at radius 2 is 1.78 bits per heavy atom. The van der Waals surface area contributed by atoms with Crippen LogP contribution in [0.1, 0.15) is 56.1 Å². The lowest BCUT2D eigenvalue weighted by Crippen LogP contribution is -2.55. The van der Waals surface area contributed by atoms with Gasteiger partial charge in [-0.2, -0.15) is 13.2 Å². The third-order valence-corrected chi connectivity index (χ3v) is 6.60. The van der Waals surface area contributed by atoms with Crippen molar-refractivity contribution in [3.05, 3.63) is 35.4 Å². The predicted octanol–water partition coefficient (Wildman–Crippen LogP) is 4.18. The van der Waals surface area contributed by atoms with Gasteiger partial charge >= 0.3 is 6.18 Å². The number of carbonyl (C=O) groups is 1. The third kappa shape index (κ3) is 3.83. The highest BCUT2D eigenvalue weighted by Gasteiger charge is 2.53. The Balaban J connectivity index is 0.00000210. The van der Waals surface area contributed by atoms with Crippen LogP contribution in [0.4, 0.5) is 13.2 Å². The van der Waals surface area contributed by atoms with E-state index >= 15 is 0 Å². The number of fused-ring (bicyclic) bond motifs is 2. The highest BCUT2D eigenvalue weighted by Crippen LogP contribution is 2.50. The van der Waals surface area contributed by atoms with Gasteiger partial charge in [0.2, 0.25) is 5.91 Å². The van der Waals surface area contributed by atoms with Gasteiger partial charge in [-0.3, -0.25) is 4.79 Å². The maximum atomic E-state index is 13.0. The number of amides is 1. The first-order valence-corrected chi connectivity index (χ1v) is 9.54. The van der Waals surface area contributed by atoms with E-state index in [0.717, 1.165) is 37.8 Å². The van der Waals surface area contributed by atoms with Crippen molar-refractivity contribution in [2.24, 2.45) is 17.6 Å². The summed E-state index contributed by atoms with van der Waals surface area (Å²) in [6.07, 6.45) is 2.02. The fourth-order valence-corrected chi connectivity index (χ4v) is 5.08. The number of nitrogens with two attached hydrogens (primary N) is 1. The number of halogens is 4. The maximum absolute atomic E-state index is 13.0. The van der Waals surface area contributed by atoms with Gasteiger partial charge < -0.3 is 11.1 Å². The molecule has 27 heavy (non-hydrogen) atoms. The molecule has 0 aliphatic heterocycles. The molecule has 7 heteroatoms. The average Bonchev–Trinajstić information content (AvgIpc) is 3.37. The number of rotatable bonds is 3. The molecule has 3 saturated carbocycles. The number of hydrogen-bond donors (Lipinski definition) is 2. The standard InChI is InChI=1S/C20H25F3N2O.ClH/c21-20(22,23)15-6-2-5-14(11-15)19(7-8-19)18(26)25-17-12-3-1-4-13(17)10-16(24)9-12;/h2,5-6,11-13,16-17H,1,3-4,7-10,24H2,(H,25,26);1H. The molecule has 3 N–H and O–H groups in total. The smallest absolute Gasteiger partial charge is 0.352 e. The van der Waals surface area contributed by atoms with Gasteiger partial charge in [0.15, 0.2) is 0 Å². The summed E-state index contributed by atoms with van der Waals surface area (Å²) in [4.78, 5) is 13.0. The first kappa shape index (κ1) is 20.5. The fourth-order valence-electron chi connectivity index (χ4n) is 5.08. The van der Waals surface area contributed by atoms with Crippen molar-refractivity contribution in [1.29, 1.82) is 0 Å². The van der Waals surface area contributed by atoms with Crippen LogP contribution in [0.15, 0.2) is 24.3 Å². The Morgan fingerprint density at radius 3 is 2.33 bits per heavy atom. The number of nitrogens with one attached hydrogen (secondary N) is 1. The minimum atomic E-state index is -4.39. The molecule has 0 spiro atoms. The van der Waals surface area contributed by atoms with E-state index in [2.05, 4.69) is 5.32 Å². The van der Waals surface area contributed by atoms with Crippen LogP contribution in [0, 0.1) is 11.8 Å². The number of benzene rings is 1. The van der Waals surface area contributed by atoms with Crippen molar-refractivity contribution < 1.29 is 18.0 Å². The van der Waals surface area contributed by atoms with Crippen molar-refractivity contribution in [2.45, 2.75) is 68.6 Å². The van der Waals surface area contributed by atoms with Gasteiger partial charge in [0, 0.05) is 12.1 Å². The topological polar surface area (TPSA) is 55.1 Å². The Hall–Kier alpha value is -1.27. The highest BCUT2D eigenvalue weighted by atomic mass is 35.5. The van der Waals surface area contributed by atoms with Crippen molar-refractivity contribution in [2.75, 3.05) is 0 Å². The second-order valence-electron chi connectivity index (χ2n) is 8.34. The molecule has 1 aromatic carbocycles. The lowest BCUT2D eigenvalue weighted by Gasteiger charge is -2.45. The Kier molecular flexibility index (Phi) is 5.52. The summed E-state index contributed by atoms with van der Waals surface area (Å²) in [6.45, 7) is 0. The molecule has 0 aromatic heterocycles. The summed E-state index contributed by atoms with van der Waals surface area (Å²) in [5.74, 6) is 0.701. The molecule has 0 heterocycles.